The van der Waals surface area contributed by atoms with Gasteiger partial charge in [-0.3, -0.25) is 0 Å². The summed E-state index contributed by atoms with van der Waals surface area (Å²) in [7, 11) is 0. The van der Waals surface area contributed by atoms with E-state index in [2.05, 4.69) is 13.8 Å². The van der Waals surface area contributed by atoms with E-state index in [1.165, 1.54) is 19.3 Å². The maximum Gasteiger partial charge on any atom is 0.0619 e. The van der Waals surface area contributed by atoms with Gasteiger partial charge in [-0.2, -0.15) is 0 Å². The Hall–Kier alpha value is -0.0400. The Labute approximate surface area is 76.2 Å². The molecule has 0 aliphatic heterocycles. The van der Waals surface area contributed by atoms with Crippen LogP contribution in [0, 0.1) is 17.8 Å². The summed E-state index contributed by atoms with van der Waals surface area (Å²) in [6.07, 6.45) is 3.69. The molecule has 0 spiro atoms. The Balaban J connectivity index is 2.51. The second kappa shape index (κ2) is 3.37. The van der Waals surface area contributed by atoms with Gasteiger partial charge in [0, 0.05) is 0 Å². The lowest BCUT2D eigenvalue weighted by Gasteiger charge is -2.38. The third-order valence-corrected chi connectivity index (χ3v) is 3.60. The molecule has 12 heavy (non-hydrogen) atoms. The smallest absolute Gasteiger partial charge is 0.0619 e. The molecule has 1 aliphatic rings. The summed E-state index contributed by atoms with van der Waals surface area (Å²) in [6.45, 7) is 8.52. The molecule has 0 aromatic carbocycles. The number of aliphatic hydroxyl groups is 1. The number of hydrogen-bond acceptors (Lipinski definition) is 1. The zero-order chi connectivity index (χ0) is 9.35. The lowest BCUT2D eigenvalue weighted by molar-refractivity contribution is -0.0165. The van der Waals surface area contributed by atoms with Gasteiger partial charge in [-0.25, -0.2) is 0 Å². The summed E-state index contributed by atoms with van der Waals surface area (Å²) in [5, 5.41) is 9.85. The van der Waals surface area contributed by atoms with Crippen LogP contribution in [0.2, 0.25) is 0 Å². The molecular formula is C11H22O. The molecule has 1 aliphatic carbocycles. The van der Waals surface area contributed by atoms with Crippen molar-refractivity contribution >= 4 is 0 Å². The quantitative estimate of drug-likeness (QED) is 0.641. The highest BCUT2D eigenvalue weighted by molar-refractivity contribution is 4.84. The van der Waals surface area contributed by atoms with Crippen molar-refractivity contribution in [1.29, 1.82) is 0 Å². The second-order valence-corrected chi connectivity index (χ2v) is 5.12. The van der Waals surface area contributed by atoms with Crippen molar-refractivity contribution in [3.05, 3.63) is 0 Å². The normalized spacial score (nSPS) is 38.2. The van der Waals surface area contributed by atoms with Crippen molar-refractivity contribution < 1.29 is 5.11 Å². The lowest BCUT2D eigenvalue weighted by Crippen LogP contribution is -2.36. The summed E-state index contributed by atoms with van der Waals surface area (Å²) < 4.78 is 0. The van der Waals surface area contributed by atoms with E-state index in [1.807, 2.05) is 13.8 Å². The highest BCUT2D eigenvalue weighted by atomic mass is 16.3. The molecule has 1 rings (SSSR count). The van der Waals surface area contributed by atoms with Crippen LogP contribution in [0.15, 0.2) is 0 Å². The molecule has 0 amide bonds. The largest absolute Gasteiger partial charge is 0.390 e. The Morgan fingerprint density at radius 2 is 1.67 bits per heavy atom. The van der Waals surface area contributed by atoms with E-state index in [-0.39, 0.29) is 0 Å². The van der Waals surface area contributed by atoms with E-state index in [4.69, 9.17) is 0 Å². The Morgan fingerprint density at radius 3 is 2.08 bits per heavy atom. The second-order valence-electron chi connectivity index (χ2n) is 5.12. The van der Waals surface area contributed by atoms with E-state index in [9.17, 15) is 5.11 Å². The van der Waals surface area contributed by atoms with Gasteiger partial charge in [0.2, 0.25) is 0 Å². The van der Waals surface area contributed by atoms with E-state index in [0.29, 0.717) is 5.92 Å². The minimum Gasteiger partial charge on any atom is -0.390 e. The van der Waals surface area contributed by atoms with E-state index >= 15 is 0 Å². The molecule has 0 unspecified atom stereocenters. The summed E-state index contributed by atoms with van der Waals surface area (Å²) in [5.74, 6) is 2.16. The number of rotatable bonds is 1. The van der Waals surface area contributed by atoms with Crippen molar-refractivity contribution in [3.63, 3.8) is 0 Å². The van der Waals surface area contributed by atoms with Crippen LogP contribution in [0.1, 0.15) is 47.0 Å². The highest BCUT2D eigenvalue weighted by Gasteiger charge is 2.33. The topological polar surface area (TPSA) is 20.2 Å². The third kappa shape index (κ3) is 2.22. The van der Waals surface area contributed by atoms with E-state index in [1.54, 1.807) is 0 Å². The molecule has 0 radical (unpaired) electrons. The highest BCUT2D eigenvalue weighted by Crippen LogP contribution is 2.38. The van der Waals surface area contributed by atoms with Gasteiger partial charge in [0.05, 0.1) is 5.60 Å². The van der Waals surface area contributed by atoms with Gasteiger partial charge >= 0.3 is 0 Å². The zero-order valence-corrected chi connectivity index (χ0v) is 8.80. The van der Waals surface area contributed by atoms with Crippen LogP contribution in [-0.2, 0) is 0 Å². The van der Waals surface area contributed by atoms with Crippen molar-refractivity contribution in [2.45, 2.75) is 52.6 Å². The molecule has 1 heteroatoms. The third-order valence-electron chi connectivity index (χ3n) is 3.60. The molecule has 3 atom stereocenters. The molecule has 0 aromatic heterocycles. The minimum atomic E-state index is -0.464. The van der Waals surface area contributed by atoms with Gasteiger partial charge in [-0.1, -0.05) is 20.3 Å². The first-order chi connectivity index (χ1) is 5.41. The Bertz CT molecular complexity index is 146. The van der Waals surface area contributed by atoms with E-state index < -0.39 is 5.60 Å². The molecule has 0 heterocycles. The molecule has 72 valence electrons. The van der Waals surface area contributed by atoms with Gasteiger partial charge < -0.3 is 5.11 Å². The van der Waals surface area contributed by atoms with Crippen LogP contribution in [0.4, 0.5) is 0 Å². The monoisotopic (exact) mass is 170 g/mol. The molecule has 0 saturated heterocycles. The van der Waals surface area contributed by atoms with Crippen LogP contribution in [0.5, 0.6) is 0 Å². The Morgan fingerprint density at radius 1 is 1.08 bits per heavy atom. The molecular weight excluding hydrogens is 148 g/mol. The molecule has 0 bridgehead atoms. The Kier molecular flexibility index (Phi) is 2.82. The fraction of sp³-hybridized carbons (Fsp3) is 1.00. The van der Waals surface area contributed by atoms with Gasteiger partial charge in [-0.15, -0.1) is 0 Å². The van der Waals surface area contributed by atoms with Crippen LogP contribution in [0.25, 0.3) is 0 Å². The van der Waals surface area contributed by atoms with Gasteiger partial charge in [0.15, 0.2) is 0 Å². The fourth-order valence-electron chi connectivity index (χ4n) is 2.19. The van der Waals surface area contributed by atoms with E-state index in [0.717, 1.165) is 11.8 Å². The minimum absolute atomic E-state index is 0.464. The van der Waals surface area contributed by atoms with Gasteiger partial charge in [0.25, 0.3) is 0 Å². The maximum atomic E-state index is 9.85. The summed E-state index contributed by atoms with van der Waals surface area (Å²) in [5.41, 5.74) is -0.464. The first-order valence-electron chi connectivity index (χ1n) is 5.13. The van der Waals surface area contributed by atoms with Crippen LogP contribution in [-0.4, -0.2) is 10.7 Å². The number of hydrogen-bond donors (Lipinski definition) is 1. The first kappa shape index (κ1) is 10.0. The van der Waals surface area contributed by atoms with Gasteiger partial charge in [0.1, 0.15) is 0 Å². The van der Waals surface area contributed by atoms with Crippen molar-refractivity contribution in [1.82, 2.24) is 0 Å². The average Bonchev–Trinajstić information content (AvgIpc) is 1.92. The predicted molar refractivity (Wildman–Crippen MR) is 52.0 cm³/mol. The molecule has 1 N–H and O–H groups in total. The van der Waals surface area contributed by atoms with Crippen LogP contribution in [0.3, 0.4) is 0 Å². The van der Waals surface area contributed by atoms with Crippen LogP contribution < -0.4 is 0 Å². The standard InChI is InChI=1S/C11H22O/c1-8-5-6-10(7-9(8)2)11(3,4)12/h8-10,12H,5-7H2,1-4H3/t8-,9-,10+/m1/s1. The summed E-state index contributed by atoms with van der Waals surface area (Å²) >= 11 is 0. The van der Waals surface area contributed by atoms with Gasteiger partial charge in [-0.05, 0) is 44.4 Å². The SMILES string of the molecule is C[C@@H]1CC[C@H](C(C)(C)O)C[C@H]1C. The fourth-order valence-corrected chi connectivity index (χ4v) is 2.19. The molecule has 1 nitrogen and oxygen atoms in total. The zero-order valence-electron chi connectivity index (χ0n) is 8.80. The van der Waals surface area contributed by atoms with Crippen molar-refractivity contribution in [2.24, 2.45) is 17.8 Å². The first-order valence-corrected chi connectivity index (χ1v) is 5.13. The predicted octanol–water partition coefficient (Wildman–Crippen LogP) is 2.83. The summed E-state index contributed by atoms with van der Waals surface area (Å²) in [6, 6.07) is 0. The molecule has 1 saturated carbocycles. The maximum absolute atomic E-state index is 9.85. The average molecular weight is 170 g/mol. The molecule has 1 fully saturated rings. The van der Waals surface area contributed by atoms with Crippen LogP contribution >= 0.6 is 0 Å². The summed E-state index contributed by atoms with van der Waals surface area (Å²) in [4.78, 5) is 0. The van der Waals surface area contributed by atoms with Crippen molar-refractivity contribution in [2.75, 3.05) is 0 Å². The van der Waals surface area contributed by atoms with Crippen molar-refractivity contribution in [3.8, 4) is 0 Å². The lowest BCUT2D eigenvalue weighted by atomic mass is 9.70. The molecule has 0 aromatic rings.